The molecule has 3 nitrogen and oxygen atoms in total. The lowest BCUT2D eigenvalue weighted by Gasteiger charge is -2.12. The molecule has 1 heterocycles. The van der Waals surface area contributed by atoms with E-state index in [-0.39, 0.29) is 6.10 Å². The topological polar surface area (TPSA) is 44.5 Å². The van der Waals surface area contributed by atoms with E-state index in [1.807, 2.05) is 25.1 Å². The van der Waals surface area contributed by atoms with Crippen molar-refractivity contribution >= 4 is 0 Å². The standard InChI is InChI=1S/C14H17NO2/c1-11-9-13(17-14-6-8-16-10-14)5-4-12(11)3-2-7-15/h4-5,9,14H,6-8,10,15H2,1H3. The normalized spacial score (nSPS) is 18.6. The van der Waals surface area contributed by atoms with Crippen LogP contribution in [0.15, 0.2) is 18.2 Å². The Kier molecular flexibility index (Phi) is 4.03. The zero-order valence-electron chi connectivity index (χ0n) is 10.0. The molecule has 1 aromatic rings. The summed E-state index contributed by atoms with van der Waals surface area (Å²) in [6.45, 7) is 3.90. The summed E-state index contributed by atoms with van der Waals surface area (Å²) in [6.07, 6.45) is 1.16. The van der Waals surface area contributed by atoms with Crippen LogP contribution in [0.1, 0.15) is 17.5 Å². The summed E-state index contributed by atoms with van der Waals surface area (Å²) in [5.41, 5.74) is 7.47. The molecule has 0 amide bonds. The van der Waals surface area contributed by atoms with Gasteiger partial charge in [-0.2, -0.15) is 0 Å². The molecule has 1 atom stereocenters. The Morgan fingerprint density at radius 3 is 3.06 bits per heavy atom. The SMILES string of the molecule is Cc1cc(OC2CCOC2)ccc1C#CCN. The largest absolute Gasteiger partial charge is 0.488 e. The molecule has 1 unspecified atom stereocenters. The van der Waals surface area contributed by atoms with Gasteiger partial charge in [-0.1, -0.05) is 11.8 Å². The highest BCUT2D eigenvalue weighted by molar-refractivity contribution is 5.44. The average Bonchev–Trinajstić information content (AvgIpc) is 2.81. The van der Waals surface area contributed by atoms with E-state index in [2.05, 4.69) is 11.8 Å². The van der Waals surface area contributed by atoms with E-state index < -0.39 is 0 Å². The fourth-order valence-electron chi connectivity index (χ4n) is 1.79. The van der Waals surface area contributed by atoms with Gasteiger partial charge in [0.05, 0.1) is 19.8 Å². The molecule has 1 aliphatic rings. The molecule has 1 fully saturated rings. The molecule has 0 aliphatic carbocycles. The van der Waals surface area contributed by atoms with E-state index in [9.17, 15) is 0 Å². The monoisotopic (exact) mass is 231 g/mol. The lowest BCUT2D eigenvalue weighted by Crippen LogP contribution is -2.15. The molecule has 3 heteroatoms. The predicted octanol–water partition coefficient (Wildman–Crippen LogP) is 1.47. The van der Waals surface area contributed by atoms with Gasteiger partial charge in [0.2, 0.25) is 0 Å². The maximum Gasteiger partial charge on any atom is 0.124 e. The van der Waals surface area contributed by atoms with Crippen molar-refractivity contribution in [2.24, 2.45) is 5.73 Å². The van der Waals surface area contributed by atoms with Crippen molar-refractivity contribution in [3.05, 3.63) is 29.3 Å². The molecular weight excluding hydrogens is 214 g/mol. The lowest BCUT2D eigenvalue weighted by molar-refractivity contribution is 0.141. The zero-order chi connectivity index (χ0) is 12.1. The maximum absolute atomic E-state index is 5.82. The Morgan fingerprint density at radius 1 is 1.53 bits per heavy atom. The van der Waals surface area contributed by atoms with Gasteiger partial charge in [0, 0.05) is 12.0 Å². The van der Waals surface area contributed by atoms with Gasteiger partial charge < -0.3 is 15.2 Å². The third kappa shape index (κ3) is 3.23. The van der Waals surface area contributed by atoms with E-state index in [1.54, 1.807) is 0 Å². The van der Waals surface area contributed by atoms with Crippen LogP contribution >= 0.6 is 0 Å². The van der Waals surface area contributed by atoms with Crippen LogP contribution in [-0.2, 0) is 4.74 Å². The van der Waals surface area contributed by atoms with Gasteiger partial charge in [-0.05, 0) is 30.7 Å². The number of hydrogen-bond acceptors (Lipinski definition) is 3. The summed E-state index contributed by atoms with van der Waals surface area (Å²) in [4.78, 5) is 0. The molecule has 1 saturated heterocycles. The van der Waals surface area contributed by atoms with Crippen LogP contribution in [0.25, 0.3) is 0 Å². The summed E-state index contributed by atoms with van der Waals surface area (Å²) < 4.78 is 11.1. The Labute approximate surface area is 102 Å². The van der Waals surface area contributed by atoms with E-state index in [0.29, 0.717) is 13.2 Å². The van der Waals surface area contributed by atoms with Crippen LogP contribution in [-0.4, -0.2) is 25.9 Å². The van der Waals surface area contributed by atoms with E-state index in [4.69, 9.17) is 15.2 Å². The smallest absolute Gasteiger partial charge is 0.124 e. The van der Waals surface area contributed by atoms with Crippen LogP contribution in [0.2, 0.25) is 0 Å². The van der Waals surface area contributed by atoms with Crippen LogP contribution in [0.3, 0.4) is 0 Å². The number of nitrogens with two attached hydrogens (primary N) is 1. The molecule has 90 valence electrons. The first-order valence-corrected chi connectivity index (χ1v) is 5.83. The van der Waals surface area contributed by atoms with E-state index in [1.165, 1.54) is 0 Å². The summed E-state index contributed by atoms with van der Waals surface area (Å²) in [7, 11) is 0. The fourth-order valence-corrected chi connectivity index (χ4v) is 1.79. The van der Waals surface area contributed by atoms with Gasteiger partial charge in [-0.3, -0.25) is 0 Å². The number of benzene rings is 1. The first-order valence-electron chi connectivity index (χ1n) is 5.83. The molecule has 0 aromatic heterocycles. The second kappa shape index (κ2) is 5.72. The summed E-state index contributed by atoms with van der Waals surface area (Å²) >= 11 is 0. The van der Waals surface area contributed by atoms with Crippen LogP contribution in [0.5, 0.6) is 5.75 Å². The summed E-state index contributed by atoms with van der Waals surface area (Å²) in [5, 5.41) is 0. The Morgan fingerprint density at radius 2 is 2.41 bits per heavy atom. The van der Waals surface area contributed by atoms with E-state index in [0.717, 1.165) is 29.9 Å². The van der Waals surface area contributed by atoms with Crippen molar-refractivity contribution in [3.63, 3.8) is 0 Å². The molecule has 2 N–H and O–H groups in total. The first-order chi connectivity index (χ1) is 8.29. The molecular formula is C14H17NO2. The van der Waals surface area contributed by atoms with Crippen molar-refractivity contribution in [1.82, 2.24) is 0 Å². The second-order valence-electron chi connectivity index (χ2n) is 4.09. The van der Waals surface area contributed by atoms with Crippen LogP contribution < -0.4 is 10.5 Å². The number of ether oxygens (including phenoxy) is 2. The van der Waals surface area contributed by atoms with Crippen molar-refractivity contribution in [1.29, 1.82) is 0 Å². The van der Waals surface area contributed by atoms with Crippen molar-refractivity contribution < 1.29 is 9.47 Å². The zero-order valence-corrected chi connectivity index (χ0v) is 10.0. The molecule has 0 spiro atoms. The van der Waals surface area contributed by atoms with Gasteiger partial charge in [-0.15, -0.1) is 0 Å². The molecule has 17 heavy (non-hydrogen) atoms. The molecule has 0 radical (unpaired) electrons. The van der Waals surface area contributed by atoms with Gasteiger partial charge >= 0.3 is 0 Å². The number of rotatable bonds is 2. The first kappa shape index (κ1) is 12.0. The number of aryl methyl sites for hydroxylation is 1. The molecule has 1 aliphatic heterocycles. The highest BCUT2D eigenvalue weighted by Crippen LogP contribution is 2.20. The van der Waals surface area contributed by atoms with Gasteiger partial charge in [0.25, 0.3) is 0 Å². The molecule has 1 aromatic carbocycles. The number of hydrogen-bond donors (Lipinski definition) is 1. The molecule has 2 rings (SSSR count). The summed E-state index contributed by atoms with van der Waals surface area (Å²) in [5.74, 6) is 6.78. The Balaban J connectivity index is 2.07. The lowest BCUT2D eigenvalue weighted by atomic mass is 10.1. The quantitative estimate of drug-likeness (QED) is 0.784. The van der Waals surface area contributed by atoms with Gasteiger partial charge in [0.1, 0.15) is 11.9 Å². The van der Waals surface area contributed by atoms with Crippen molar-refractivity contribution in [2.45, 2.75) is 19.4 Å². The maximum atomic E-state index is 5.82. The highest BCUT2D eigenvalue weighted by Gasteiger charge is 2.17. The Hall–Kier alpha value is -1.50. The third-order valence-electron chi connectivity index (χ3n) is 2.71. The van der Waals surface area contributed by atoms with Crippen molar-refractivity contribution in [2.75, 3.05) is 19.8 Å². The third-order valence-corrected chi connectivity index (χ3v) is 2.71. The second-order valence-corrected chi connectivity index (χ2v) is 4.09. The van der Waals surface area contributed by atoms with Crippen molar-refractivity contribution in [3.8, 4) is 17.6 Å². The van der Waals surface area contributed by atoms with Gasteiger partial charge in [0.15, 0.2) is 0 Å². The predicted molar refractivity (Wildman–Crippen MR) is 67.0 cm³/mol. The minimum atomic E-state index is 0.190. The minimum absolute atomic E-state index is 0.190. The van der Waals surface area contributed by atoms with Gasteiger partial charge in [-0.25, -0.2) is 0 Å². The fraction of sp³-hybridized carbons (Fsp3) is 0.429. The molecule has 0 saturated carbocycles. The highest BCUT2D eigenvalue weighted by atomic mass is 16.5. The average molecular weight is 231 g/mol. The minimum Gasteiger partial charge on any atom is -0.488 e. The van der Waals surface area contributed by atoms with E-state index >= 15 is 0 Å². The van der Waals surface area contributed by atoms with Crippen LogP contribution in [0, 0.1) is 18.8 Å². The van der Waals surface area contributed by atoms with Crippen LogP contribution in [0.4, 0.5) is 0 Å². The summed E-state index contributed by atoms with van der Waals surface area (Å²) in [6, 6.07) is 5.94. The molecule has 0 bridgehead atoms. The Bertz CT molecular complexity index is 439.